The minimum atomic E-state index is -0.112. The van der Waals surface area contributed by atoms with E-state index >= 15 is 0 Å². The Kier molecular flexibility index (Phi) is 3.22. The summed E-state index contributed by atoms with van der Waals surface area (Å²) in [5.41, 5.74) is 6.05. The molecule has 2 heterocycles. The smallest absolute Gasteiger partial charge is 0.250 e. The summed E-state index contributed by atoms with van der Waals surface area (Å²) in [5, 5.41) is 0. The van der Waals surface area contributed by atoms with Gasteiger partial charge in [-0.15, -0.1) is 11.3 Å². The summed E-state index contributed by atoms with van der Waals surface area (Å²) in [5.74, 6) is 0. The lowest BCUT2D eigenvalue weighted by atomic mass is 10.2. The van der Waals surface area contributed by atoms with Gasteiger partial charge in [0.25, 0.3) is 5.56 Å². The largest absolute Gasteiger partial charge is 0.322 e. The molecule has 0 fully saturated rings. The lowest BCUT2D eigenvalue weighted by Crippen LogP contribution is -2.25. The van der Waals surface area contributed by atoms with Crippen LogP contribution in [0.25, 0.3) is 0 Å². The quantitative estimate of drug-likeness (QED) is 0.882. The van der Waals surface area contributed by atoms with E-state index in [1.807, 2.05) is 18.2 Å². The third-order valence-corrected chi connectivity index (χ3v) is 3.55. The maximum Gasteiger partial charge on any atom is 0.250 e. The zero-order chi connectivity index (χ0) is 11.5. The highest BCUT2D eigenvalue weighted by Gasteiger charge is 2.09. The van der Waals surface area contributed by atoms with Gasteiger partial charge in [0.15, 0.2) is 0 Å². The molecule has 1 unspecified atom stereocenters. The second-order valence-corrected chi connectivity index (χ2v) is 5.07. The fraction of sp³-hybridized carbons (Fsp3) is 0.250. The van der Waals surface area contributed by atoms with Crippen molar-refractivity contribution in [3.8, 4) is 0 Å². The molecule has 4 heteroatoms. The maximum atomic E-state index is 11.5. The molecule has 0 aliphatic rings. The van der Waals surface area contributed by atoms with Gasteiger partial charge in [0, 0.05) is 28.6 Å². The Morgan fingerprint density at radius 2 is 2.19 bits per heavy atom. The van der Waals surface area contributed by atoms with Crippen molar-refractivity contribution in [2.75, 3.05) is 0 Å². The van der Waals surface area contributed by atoms with Crippen molar-refractivity contribution in [3.63, 3.8) is 0 Å². The van der Waals surface area contributed by atoms with Crippen LogP contribution in [0.5, 0.6) is 0 Å². The second-order valence-electron chi connectivity index (χ2n) is 3.75. The molecule has 0 spiro atoms. The van der Waals surface area contributed by atoms with Crippen LogP contribution in [-0.4, -0.2) is 4.57 Å². The van der Waals surface area contributed by atoms with Gasteiger partial charge in [0.2, 0.25) is 0 Å². The molecule has 16 heavy (non-hydrogen) atoms. The predicted molar refractivity (Wildman–Crippen MR) is 66.7 cm³/mol. The van der Waals surface area contributed by atoms with Crippen LogP contribution in [0, 0.1) is 6.92 Å². The normalized spacial score (nSPS) is 12.6. The predicted octanol–water partition coefficient (Wildman–Crippen LogP) is 1.92. The van der Waals surface area contributed by atoms with E-state index < -0.39 is 0 Å². The summed E-state index contributed by atoms with van der Waals surface area (Å²) in [4.78, 5) is 13.9. The van der Waals surface area contributed by atoms with Crippen molar-refractivity contribution in [2.24, 2.45) is 5.73 Å². The SMILES string of the molecule is Cc1ccc(C(N)Cn2ccccc2=O)s1. The van der Waals surface area contributed by atoms with Crippen molar-refractivity contribution in [3.05, 3.63) is 56.6 Å². The number of pyridine rings is 1. The minimum Gasteiger partial charge on any atom is -0.322 e. The van der Waals surface area contributed by atoms with Crippen LogP contribution in [0.15, 0.2) is 41.3 Å². The first kappa shape index (κ1) is 11.1. The summed E-state index contributed by atoms with van der Waals surface area (Å²) in [6.45, 7) is 2.58. The molecule has 0 aliphatic carbocycles. The number of rotatable bonds is 3. The molecule has 0 amide bonds. The number of aromatic nitrogens is 1. The fourth-order valence-corrected chi connectivity index (χ4v) is 2.44. The van der Waals surface area contributed by atoms with Gasteiger partial charge >= 0.3 is 0 Å². The highest BCUT2D eigenvalue weighted by Crippen LogP contribution is 2.21. The summed E-state index contributed by atoms with van der Waals surface area (Å²) >= 11 is 1.68. The van der Waals surface area contributed by atoms with Crippen molar-refractivity contribution >= 4 is 11.3 Å². The van der Waals surface area contributed by atoms with E-state index in [2.05, 4.69) is 6.92 Å². The summed E-state index contributed by atoms with van der Waals surface area (Å²) in [7, 11) is 0. The Balaban J connectivity index is 2.17. The lowest BCUT2D eigenvalue weighted by Gasteiger charge is -2.11. The van der Waals surface area contributed by atoms with Gasteiger partial charge in [0.1, 0.15) is 0 Å². The number of nitrogens with zero attached hydrogens (tertiary/aromatic N) is 1. The van der Waals surface area contributed by atoms with Crippen LogP contribution >= 0.6 is 11.3 Å². The van der Waals surface area contributed by atoms with Crippen molar-refractivity contribution in [1.82, 2.24) is 4.57 Å². The van der Waals surface area contributed by atoms with Crippen LogP contribution in [0.4, 0.5) is 0 Å². The minimum absolute atomic E-state index is 0.00812. The Bertz CT molecular complexity index is 530. The maximum absolute atomic E-state index is 11.5. The van der Waals surface area contributed by atoms with Crippen LogP contribution in [0.3, 0.4) is 0 Å². The third-order valence-electron chi connectivity index (χ3n) is 2.42. The average molecular weight is 234 g/mol. The molecule has 1 atom stereocenters. The first-order valence-electron chi connectivity index (χ1n) is 5.14. The number of hydrogen-bond acceptors (Lipinski definition) is 3. The molecule has 3 nitrogen and oxygen atoms in total. The number of thiophene rings is 1. The number of nitrogens with two attached hydrogens (primary N) is 1. The van der Waals surface area contributed by atoms with Crippen LogP contribution in [-0.2, 0) is 6.54 Å². The van der Waals surface area contributed by atoms with Gasteiger partial charge in [0.05, 0.1) is 6.04 Å². The fourth-order valence-electron chi connectivity index (χ4n) is 1.57. The Labute approximate surface area is 98.2 Å². The zero-order valence-corrected chi connectivity index (χ0v) is 9.91. The summed E-state index contributed by atoms with van der Waals surface area (Å²) in [6, 6.07) is 9.09. The van der Waals surface area contributed by atoms with Gasteiger partial charge in [-0.25, -0.2) is 0 Å². The van der Waals surface area contributed by atoms with E-state index in [1.165, 1.54) is 4.88 Å². The van der Waals surface area contributed by atoms with Gasteiger partial charge in [-0.2, -0.15) is 0 Å². The van der Waals surface area contributed by atoms with Crippen LogP contribution in [0.1, 0.15) is 15.8 Å². The van der Waals surface area contributed by atoms with Gasteiger partial charge in [-0.1, -0.05) is 6.07 Å². The van der Waals surface area contributed by atoms with E-state index in [-0.39, 0.29) is 11.6 Å². The van der Waals surface area contributed by atoms with Crippen molar-refractivity contribution in [1.29, 1.82) is 0 Å². The molecular formula is C12H14N2OS. The lowest BCUT2D eigenvalue weighted by molar-refractivity contribution is 0.568. The first-order valence-corrected chi connectivity index (χ1v) is 5.96. The van der Waals surface area contributed by atoms with Crippen molar-refractivity contribution in [2.45, 2.75) is 19.5 Å². The molecule has 84 valence electrons. The summed E-state index contributed by atoms with van der Waals surface area (Å²) < 4.78 is 1.64. The Morgan fingerprint density at radius 3 is 2.81 bits per heavy atom. The standard InChI is InChI=1S/C12H14N2OS/c1-9-5-6-11(16-9)10(13)8-14-7-3-2-4-12(14)15/h2-7,10H,8,13H2,1H3. The van der Waals surface area contributed by atoms with E-state index in [1.54, 1.807) is 34.2 Å². The topological polar surface area (TPSA) is 48.0 Å². The van der Waals surface area contributed by atoms with Gasteiger partial charge in [-0.3, -0.25) is 4.79 Å². The molecule has 0 bridgehead atoms. The highest BCUT2D eigenvalue weighted by atomic mass is 32.1. The van der Waals surface area contributed by atoms with E-state index in [9.17, 15) is 4.79 Å². The van der Waals surface area contributed by atoms with Crippen molar-refractivity contribution < 1.29 is 0 Å². The first-order chi connectivity index (χ1) is 7.66. The number of aryl methyl sites for hydroxylation is 1. The highest BCUT2D eigenvalue weighted by molar-refractivity contribution is 7.12. The molecule has 2 aromatic heterocycles. The summed E-state index contributed by atoms with van der Waals surface area (Å²) in [6.07, 6.45) is 1.77. The molecule has 0 aromatic carbocycles. The molecule has 2 aromatic rings. The van der Waals surface area contributed by atoms with Crippen LogP contribution < -0.4 is 11.3 Å². The number of hydrogen-bond donors (Lipinski definition) is 1. The molecule has 2 N–H and O–H groups in total. The Morgan fingerprint density at radius 1 is 1.38 bits per heavy atom. The zero-order valence-electron chi connectivity index (χ0n) is 9.09. The molecule has 2 rings (SSSR count). The van der Waals surface area contributed by atoms with E-state index in [4.69, 9.17) is 5.73 Å². The van der Waals surface area contributed by atoms with E-state index in [0.717, 1.165) is 4.88 Å². The average Bonchev–Trinajstić information content (AvgIpc) is 2.68. The molecular weight excluding hydrogens is 220 g/mol. The molecule has 0 saturated carbocycles. The molecule has 0 radical (unpaired) electrons. The van der Waals surface area contributed by atoms with Crippen LogP contribution in [0.2, 0.25) is 0 Å². The Hall–Kier alpha value is -1.39. The monoisotopic (exact) mass is 234 g/mol. The molecule has 0 saturated heterocycles. The third kappa shape index (κ3) is 2.40. The second kappa shape index (κ2) is 4.63. The van der Waals surface area contributed by atoms with Gasteiger partial charge < -0.3 is 10.3 Å². The van der Waals surface area contributed by atoms with E-state index in [0.29, 0.717) is 6.54 Å². The van der Waals surface area contributed by atoms with Gasteiger partial charge in [-0.05, 0) is 25.1 Å². The molecule has 0 aliphatic heterocycles.